The Morgan fingerprint density at radius 3 is 2.05 bits per heavy atom. The number of H-pyrrole nitrogens is 1. The van der Waals surface area contributed by atoms with Crippen LogP contribution in [0.3, 0.4) is 0 Å². The van der Waals surface area contributed by atoms with Crippen LogP contribution >= 0.6 is 11.8 Å². The summed E-state index contributed by atoms with van der Waals surface area (Å²) in [5.74, 6) is -1.46. The Morgan fingerprint density at radius 2 is 1.48 bits per heavy atom. The van der Waals surface area contributed by atoms with Crippen molar-refractivity contribution in [2.24, 2.45) is 11.5 Å². The number of hydrogen-bond donors (Lipinski definition) is 11. The highest BCUT2D eigenvalue weighted by Gasteiger charge is 2.54. The number of thioether (sulfide) groups is 1. The van der Waals surface area contributed by atoms with Gasteiger partial charge in [-0.05, 0) is 44.2 Å². The maximum absolute atomic E-state index is 13.5. The summed E-state index contributed by atoms with van der Waals surface area (Å²) in [5.41, 5.74) is 10.1. The number of ether oxygens (including phenoxy) is 3. The van der Waals surface area contributed by atoms with Crippen LogP contribution in [-0.2, 0) is 28.6 Å². The largest absolute Gasteiger partial charge is 0.480 e. The van der Waals surface area contributed by atoms with E-state index in [-0.39, 0.29) is 26.1 Å². The summed E-state index contributed by atoms with van der Waals surface area (Å²) in [6, 6.07) is -2.32. The lowest BCUT2D eigenvalue weighted by molar-refractivity contribution is -0.228. The zero-order chi connectivity index (χ0) is 46.3. The molecule has 12 atom stereocenters. The highest BCUT2D eigenvalue weighted by molar-refractivity contribution is 7.98. The number of hydrogen-bond acceptors (Lipinski definition) is 16. The molecule has 0 aromatic carbocycles. The zero-order valence-electron chi connectivity index (χ0n) is 36.9. The Labute approximate surface area is 374 Å². The number of nitrogens with two attached hydrogens (primary N) is 2. The van der Waals surface area contributed by atoms with Crippen molar-refractivity contribution in [3.63, 3.8) is 0 Å². The number of nitrogens with zero attached hydrogens (tertiary/aromatic N) is 1. The minimum atomic E-state index is -1.86. The quantitative estimate of drug-likeness (QED) is 0.0411. The molecule has 20 nitrogen and oxygen atoms in total. The van der Waals surface area contributed by atoms with Gasteiger partial charge in [0.05, 0.1) is 6.04 Å². The lowest BCUT2D eigenvalue weighted by Crippen LogP contribution is -2.57. The highest BCUT2D eigenvalue weighted by atomic mass is 32.2. The van der Waals surface area contributed by atoms with Gasteiger partial charge >= 0.3 is 11.7 Å². The van der Waals surface area contributed by atoms with Crippen molar-refractivity contribution in [2.45, 2.75) is 189 Å². The van der Waals surface area contributed by atoms with Gasteiger partial charge in [-0.25, -0.2) is 4.79 Å². The van der Waals surface area contributed by atoms with Crippen LogP contribution < -0.4 is 38.7 Å². The fourth-order valence-electron chi connectivity index (χ4n) is 7.85. The third-order valence-corrected chi connectivity index (χ3v) is 12.3. The summed E-state index contributed by atoms with van der Waals surface area (Å²) in [6.07, 6.45) is 5.44. The number of carbonyl (C=O) groups excluding carboxylic acids is 2. The number of nitrogens with one attached hydrogen (secondary N) is 4. The molecule has 1 aromatic rings. The SMILES string of the molecule is CCCCCCCCCCCCCCC[C@H](NC(=O)[C@@H](N)CCCSC)C(=O)NCCCN[C@H](C(=O)O)[C@H](O[C@@H]1O[C@H](CN)[C@@H](O)[C@H]1O)C1OC(n2ccc(=O)[nH]c2=O)C(O)C1O. The second kappa shape index (κ2) is 29.5. The van der Waals surface area contributed by atoms with Crippen molar-refractivity contribution in [1.29, 1.82) is 0 Å². The average molecular weight is 918 g/mol. The number of aliphatic hydroxyl groups excluding tert-OH is 4. The van der Waals surface area contributed by atoms with Crippen molar-refractivity contribution in [2.75, 3.05) is 31.6 Å². The van der Waals surface area contributed by atoms with Gasteiger partial charge in [-0.15, -0.1) is 0 Å². The molecule has 362 valence electrons. The summed E-state index contributed by atoms with van der Waals surface area (Å²) >= 11 is 1.66. The van der Waals surface area contributed by atoms with E-state index in [1.54, 1.807) is 11.8 Å². The Morgan fingerprint density at radius 1 is 0.841 bits per heavy atom. The molecule has 0 bridgehead atoms. The number of aliphatic carboxylic acids is 1. The predicted octanol–water partition coefficient (Wildman–Crippen LogP) is -0.0679. The third-order valence-electron chi connectivity index (χ3n) is 11.6. The molecule has 2 fully saturated rings. The van der Waals surface area contributed by atoms with E-state index in [0.717, 1.165) is 54.7 Å². The van der Waals surface area contributed by atoms with Gasteiger partial charge in [-0.1, -0.05) is 90.4 Å². The average Bonchev–Trinajstić information content (AvgIpc) is 3.70. The van der Waals surface area contributed by atoms with Gasteiger partial charge < -0.3 is 67.2 Å². The molecule has 1 aromatic heterocycles. The third kappa shape index (κ3) is 17.7. The fraction of sp³-hybridized carbons (Fsp3) is 0.833. The Kier molecular flexibility index (Phi) is 25.5. The highest BCUT2D eigenvalue weighted by Crippen LogP contribution is 2.34. The number of carboxylic acid groups (broad SMARTS) is 1. The van der Waals surface area contributed by atoms with Crippen molar-refractivity contribution in [1.82, 2.24) is 25.5 Å². The van der Waals surface area contributed by atoms with Crippen molar-refractivity contribution in [3.05, 3.63) is 33.1 Å². The molecular formula is C42H75N7O13S. The normalized spacial score (nSPS) is 25.4. The van der Waals surface area contributed by atoms with Gasteiger partial charge in [0, 0.05) is 25.4 Å². The van der Waals surface area contributed by atoms with E-state index in [0.29, 0.717) is 12.8 Å². The number of unbranched alkanes of at least 4 members (excludes halogenated alkanes) is 12. The Bertz CT molecular complexity index is 1610. The molecule has 2 saturated heterocycles. The first-order valence-corrected chi connectivity index (χ1v) is 24.1. The van der Waals surface area contributed by atoms with Gasteiger partial charge in [0.25, 0.3) is 5.56 Å². The molecule has 0 saturated carbocycles. The lowest BCUT2D eigenvalue weighted by atomic mass is 9.98. The summed E-state index contributed by atoms with van der Waals surface area (Å²) in [7, 11) is 0. The molecule has 3 rings (SSSR count). The molecule has 2 amide bonds. The lowest BCUT2D eigenvalue weighted by Gasteiger charge is -2.33. The van der Waals surface area contributed by atoms with Crippen LogP contribution in [0.2, 0.25) is 0 Å². The zero-order valence-corrected chi connectivity index (χ0v) is 37.8. The molecule has 3 heterocycles. The van der Waals surface area contributed by atoms with Gasteiger partial charge in [-0.2, -0.15) is 11.8 Å². The van der Waals surface area contributed by atoms with Crippen molar-refractivity contribution in [3.8, 4) is 0 Å². The maximum Gasteiger partial charge on any atom is 0.330 e. The number of aromatic amines is 1. The molecule has 21 heteroatoms. The molecule has 2 aliphatic rings. The number of amides is 2. The molecule has 0 radical (unpaired) electrons. The van der Waals surface area contributed by atoms with Crippen LogP contribution in [-0.4, -0.2) is 152 Å². The van der Waals surface area contributed by atoms with Crippen LogP contribution in [0, 0.1) is 0 Å². The van der Waals surface area contributed by atoms with Crippen LogP contribution in [0.4, 0.5) is 0 Å². The second-order valence-electron chi connectivity index (χ2n) is 16.6. The molecule has 0 spiro atoms. The van der Waals surface area contributed by atoms with Gasteiger partial charge in [-0.3, -0.25) is 28.7 Å². The number of rotatable bonds is 33. The van der Waals surface area contributed by atoms with Gasteiger partial charge in [0.15, 0.2) is 12.5 Å². The Hall–Kier alpha value is -2.96. The second-order valence-corrected chi connectivity index (χ2v) is 17.6. The standard InChI is InChI=1S/C42H75N7O13S/c1-3-4-5-6-7-8-9-10-11-12-13-14-15-19-27(47-37(55)26(44)18-16-24-63-2)38(56)46-22-17-21-45-30(40(57)58)35(62-41-34(54)31(51)28(25-43)60-41)36-32(52)33(53)39(61-36)49-23-20-29(50)48-42(49)59/h20,23,26-28,30-36,39,41,45,51-54H,3-19,21-22,24-25,43-44H2,1-2H3,(H,46,56)(H,47,55)(H,57,58)(H,48,50,59)/t26-,27-,28+,30-,31+,32?,33?,34+,35-,36?,39?,41-/m0/s1. The molecule has 13 N–H and O–H groups in total. The van der Waals surface area contributed by atoms with Crippen LogP contribution in [0.25, 0.3) is 0 Å². The van der Waals surface area contributed by atoms with E-state index in [1.807, 2.05) is 11.2 Å². The van der Waals surface area contributed by atoms with E-state index in [1.165, 1.54) is 57.8 Å². The van der Waals surface area contributed by atoms with Crippen molar-refractivity contribution < 1.29 is 54.1 Å². The van der Waals surface area contributed by atoms with Crippen LogP contribution in [0.1, 0.15) is 122 Å². The molecular weight excluding hydrogens is 843 g/mol. The number of aliphatic hydroxyl groups is 4. The molecule has 4 unspecified atom stereocenters. The fourth-order valence-corrected chi connectivity index (χ4v) is 8.31. The first kappa shape index (κ1) is 54.4. The Balaban J connectivity index is 1.61. The molecule has 2 aliphatic heterocycles. The van der Waals surface area contributed by atoms with Crippen LogP contribution in [0.15, 0.2) is 21.9 Å². The van der Waals surface area contributed by atoms with Gasteiger partial charge in [0.2, 0.25) is 11.8 Å². The summed E-state index contributed by atoms with van der Waals surface area (Å²) in [6.45, 7) is 2.02. The number of aromatic nitrogens is 2. The van der Waals surface area contributed by atoms with Crippen molar-refractivity contribution >= 4 is 29.5 Å². The van der Waals surface area contributed by atoms with E-state index >= 15 is 0 Å². The first-order valence-electron chi connectivity index (χ1n) is 22.7. The summed E-state index contributed by atoms with van der Waals surface area (Å²) in [4.78, 5) is 65.5. The minimum absolute atomic E-state index is 0.0520. The summed E-state index contributed by atoms with van der Waals surface area (Å²) in [5, 5.41) is 62.1. The smallest absolute Gasteiger partial charge is 0.330 e. The van der Waals surface area contributed by atoms with E-state index in [9.17, 15) is 49.5 Å². The van der Waals surface area contributed by atoms with E-state index < -0.39 is 102 Å². The minimum Gasteiger partial charge on any atom is -0.480 e. The predicted molar refractivity (Wildman–Crippen MR) is 237 cm³/mol. The monoisotopic (exact) mass is 918 g/mol. The number of carbonyl (C=O) groups is 3. The summed E-state index contributed by atoms with van der Waals surface area (Å²) < 4.78 is 18.1. The molecule has 63 heavy (non-hydrogen) atoms. The first-order chi connectivity index (χ1) is 30.2. The topological polar surface area (TPSA) is 323 Å². The molecule has 0 aliphatic carbocycles. The van der Waals surface area contributed by atoms with Gasteiger partial charge in [0.1, 0.15) is 54.8 Å². The maximum atomic E-state index is 13.5. The van der Waals surface area contributed by atoms with E-state index in [4.69, 9.17) is 25.7 Å². The number of carboxylic acids is 1. The van der Waals surface area contributed by atoms with Crippen LogP contribution in [0.5, 0.6) is 0 Å². The van der Waals surface area contributed by atoms with E-state index in [2.05, 4.69) is 22.9 Å².